The lowest BCUT2D eigenvalue weighted by molar-refractivity contribution is -0.156. The molecule has 1 aromatic heterocycles. The van der Waals surface area contributed by atoms with Crippen LogP contribution >= 0.6 is 0 Å². The van der Waals surface area contributed by atoms with E-state index in [9.17, 15) is 14.4 Å². The summed E-state index contributed by atoms with van der Waals surface area (Å²) in [5.41, 5.74) is 1.33. The summed E-state index contributed by atoms with van der Waals surface area (Å²) in [6.45, 7) is 4.73. The molecule has 1 aliphatic heterocycles. The van der Waals surface area contributed by atoms with Gasteiger partial charge < -0.3 is 15.1 Å². The molecule has 9 heteroatoms. The highest BCUT2D eigenvalue weighted by Gasteiger charge is 2.32. The van der Waals surface area contributed by atoms with Crippen molar-refractivity contribution in [3.05, 3.63) is 30.1 Å². The molecule has 0 saturated carbocycles. The molecule has 3 rings (SSSR count). The monoisotopic (exact) mass is 356 g/mol. The number of aromatic nitrogens is 3. The van der Waals surface area contributed by atoms with Crippen LogP contribution in [0.4, 0.5) is 5.69 Å². The van der Waals surface area contributed by atoms with Gasteiger partial charge in [-0.2, -0.15) is 5.10 Å². The van der Waals surface area contributed by atoms with Gasteiger partial charge in [-0.05, 0) is 26.0 Å². The second-order valence-electron chi connectivity index (χ2n) is 5.98. The van der Waals surface area contributed by atoms with Gasteiger partial charge in [0.2, 0.25) is 5.91 Å². The fourth-order valence-corrected chi connectivity index (χ4v) is 2.75. The smallest absolute Gasteiger partial charge is 0.312 e. The molecule has 2 N–H and O–H groups in total. The van der Waals surface area contributed by atoms with Crippen molar-refractivity contribution in [3.63, 3.8) is 0 Å². The predicted octanol–water partition coefficient (Wildman–Crippen LogP) is 0.409. The number of likely N-dealkylation sites (N-methyl/N-ethyl adjacent to an activating group) is 1. The maximum atomic E-state index is 12.3. The third-order valence-electron chi connectivity index (χ3n) is 4.12. The first-order valence-corrected chi connectivity index (χ1v) is 8.35. The molecule has 0 aliphatic carbocycles. The molecule has 1 fully saturated rings. The van der Waals surface area contributed by atoms with Crippen LogP contribution in [0.25, 0.3) is 11.4 Å². The van der Waals surface area contributed by atoms with Gasteiger partial charge in [0.05, 0.1) is 0 Å². The molecule has 0 atom stereocenters. The number of hydrogen-bond donors (Lipinski definition) is 2. The lowest BCUT2D eigenvalue weighted by Crippen LogP contribution is -2.55. The van der Waals surface area contributed by atoms with E-state index in [2.05, 4.69) is 20.5 Å². The Morgan fingerprint density at radius 2 is 1.96 bits per heavy atom. The van der Waals surface area contributed by atoms with Gasteiger partial charge in [0, 0.05) is 30.9 Å². The predicted molar refractivity (Wildman–Crippen MR) is 94.0 cm³/mol. The van der Waals surface area contributed by atoms with Crippen molar-refractivity contribution in [1.29, 1.82) is 0 Å². The van der Waals surface area contributed by atoms with Crippen LogP contribution in [0, 0.1) is 6.92 Å². The maximum absolute atomic E-state index is 12.3. The number of H-pyrrole nitrogens is 1. The second kappa shape index (κ2) is 7.34. The van der Waals surface area contributed by atoms with Crippen LogP contribution in [0.1, 0.15) is 12.7 Å². The van der Waals surface area contributed by atoms with Crippen LogP contribution < -0.4 is 5.32 Å². The third kappa shape index (κ3) is 3.71. The van der Waals surface area contributed by atoms with Gasteiger partial charge in [0.1, 0.15) is 12.4 Å². The van der Waals surface area contributed by atoms with E-state index >= 15 is 0 Å². The lowest BCUT2D eigenvalue weighted by atomic mass is 10.2. The normalized spacial score (nSPS) is 14.7. The molecule has 0 radical (unpaired) electrons. The molecule has 0 spiro atoms. The van der Waals surface area contributed by atoms with E-state index in [1.165, 1.54) is 9.80 Å². The Morgan fingerprint density at radius 3 is 2.65 bits per heavy atom. The summed E-state index contributed by atoms with van der Waals surface area (Å²) in [4.78, 5) is 43.2. The zero-order chi connectivity index (χ0) is 18.7. The highest BCUT2D eigenvalue weighted by molar-refractivity contribution is 6.35. The number of carbonyl (C=O) groups is 3. The largest absolute Gasteiger partial charge is 0.333 e. The summed E-state index contributed by atoms with van der Waals surface area (Å²) in [5, 5.41) is 9.60. The Bertz CT molecular complexity index is 847. The van der Waals surface area contributed by atoms with Gasteiger partial charge in [-0.1, -0.05) is 12.1 Å². The molecule has 1 aliphatic rings. The summed E-state index contributed by atoms with van der Waals surface area (Å²) in [5.74, 6) is -0.329. The number of anilines is 1. The van der Waals surface area contributed by atoms with Gasteiger partial charge in [-0.3, -0.25) is 19.5 Å². The van der Waals surface area contributed by atoms with E-state index in [1.807, 2.05) is 13.0 Å². The fraction of sp³-hybridized carbons (Fsp3) is 0.353. The van der Waals surface area contributed by atoms with Crippen molar-refractivity contribution in [2.24, 2.45) is 0 Å². The van der Waals surface area contributed by atoms with E-state index in [-0.39, 0.29) is 12.5 Å². The van der Waals surface area contributed by atoms with Gasteiger partial charge >= 0.3 is 11.8 Å². The van der Waals surface area contributed by atoms with E-state index in [4.69, 9.17) is 0 Å². The van der Waals surface area contributed by atoms with Crippen molar-refractivity contribution in [3.8, 4) is 11.4 Å². The van der Waals surface area contributed by atoms with Crippen LogP contribution in [0.3, 0.4) is 0 Å². The molecule has 3 amide bonds. The van der Waals surface area contributed by atoms with Gasteiger partial charge in [-0.25, -0.2) is 4.98 Å². The minimum absolute atomic E-state index is 0.161. The van der Waals surface area contributed by atoms with E-state index < -0.39 is 11.8 Å². The minimum atomic E-state index is -0.641. The van der Waals surface area contributed by atoms with E-state index in [1.54, 1.807) is 25.1 Å². The van der Waals surface area contributed by atoms with Crippen molar-refractivity contribution < 1.29 is 14.4 Å². The molecular weight excluding hydrogens is 336 g/mol. The second-order valence-corrected chi connectivity index (χ2v) is 5.98. The average molecular weight is 356 g/mol. The lowest BCUT2D eigenvalue weighted by Gasteiger charge is -2.32. The summed E-state index contributed by atoms with van der Waals surface area (Å²) in [7, 11) is 0. The average Bonchev–Trinajstić information content (AvgIpc) is 3.06. The Hall–Kier alpha value is -3.23. The molecule has 2 aromatic rings. The number of benzene rings is 1. The molecule has 2 heterocycles. The number of aromatic amines is 1. The van der Waals surface area contributed by atoms with Crippen LogP contribution in [-0.2, 0) is 14.4 Å². The molecule has 136 valence electrons. The zero-order valence-corrected chi connectivity index (χ0v) is 14.7. The summed E-state index contributed by atoms with van der Waals surface area (Å²) >= 11 is 0. The number of aryl methyl sites for hydroxylation is 1. The van der Waals surface area contributed by atoms with Crippen LogP contribution in [0.5, 0.6) is 0 Å². The maximum Gasteiger partial charge on any atom is 0.312 e. The summed E-state index contributed by atoms with van der Waals surface area (Å²) < 4.78 is 0. The van der Waals surface area contributed by atoms with Gasteiger partial charge in [-0.15, -0.1) is 0 Å². The highest BCUT2D eigenvalue weighted by atomic mass is 16.2. The Kier molecular flexibility index (Phi) is 4.97. The number of rotatable bonds is 5. The number of nitrogens with one attached hydrogen (secondary N) is 2. The summed E-state index contributed by atoms with van der Waals surface area (Å²) in [6.07, 6.45) is 0. The van der Waals surface area contributed by atoms with Crippen LogP contribution in [0.2, 0.25) is 0 Å². The Labute approximate surface area is 150 Å². The molecular formula is C17H20N6O3. The van der Waals surface area contributed by atoms with Gasteiger partial charge in [0.25, 0.3) is 0 Å². The van der Waals surface area contributed by atoms with Crippen molar-refractivity contribution in [2.45, 2.75) is 13.8 Å². The summed E-state index contributed by atoms with van der Waals surface area (Å²) in [6, 6.07) is 7.11. The standard InChI is InChI=1S/C17H20N6O3/c1-3-22-7-8-23(17(26)16(22)25)10-14(24)19-13-6-4-5-12(9-13)15-18-11(2)20-21-15/h4-6,9H,3,7-8,10H2,1-2H3,(H,19,24)(H,18,20,21). The number of nitrogens with zero attached hydrogens (tertiary/aromatic N) is 4. The first-order chi connectivity index (χ1) is 12.5. The quantitative estimate of drug-likeness (QED) is 0.754. The number of piperazine rings is 1. The minimum Gasteiger partial charge on any atom is -0.333 e. The molecule has 0 unspecified atom stereocenters. The molecule has 0 bridgehead atoms. The fourth-order valence-electron chi connectivity index (χ4n) is 2.75. The molecule has 1 saturated heterocycles. The first kappa shape index (κ1) is 17.6. The molecule has 9 nitrogen and oxygen atoms in total. The van der Waals surface area contributed by atoms with Crippen LogP contribution in [0.15, 0.2) is 24.3 Å². The highest BCUT2D eigenvalue weighted by Crippen LogP contribution is 2.19. The first-order valence-electron chi connectivity index (χ1n) is 8.35. The zero-order valence-electron chi connectivity index (χ0n) is 14.7. The van der Waals surface area contributed by atoms with E-state index in [0.717, 1.165) is 5.56 Å². The topological polar surface area (TPSA) is 111 Å². The van der Waals surface area contributed by atoms with Crippen molar-refractivity contribution in [1.82, 2.24) is 25.0 Å². The van der Waals surface area contributed by atoms with Crippen LogP contribution in [-0.4, -0.2) is 68.9 Å². The molecule has 26 heavy (non-hydrogen) atoms. The number of carbonyl (C=O) groups excluding carboxylic acids is 3. The Balaban J connectivity index is 1.64. The SMILES string of the molecule is CCN1CCN(CC(=O)Nc2cccc(-c3n[nH]c(C)n3)c2)C(=O)C1=O. The third-order valence-corrected chi connectivity index (χ3v) is 4.12. The van der Waals surface area contributed by atoms with Crippen molar-refractivity contribution in [2.75, 3.05) is 31.5 Å². The number of hydrogen-bond acceptors (Lipinski definition) is 5. The van der Waals surface area contributed by atoms with Crippen molar-refractivity contribution >= 4 is 23.4 Å². The molecule has 1 aromatic carbocycles. The Morgan fingerprint density at radius 1 is 1.23 bits per heavy atom. The number of amides is 3. The van der Waals surface area contributed by atoms with Gasteiger partial charge in [0.15, 0.2) is 5.82 Å². The van der Waals surface area contributed by atoms with E-state index in [0.29, 0.717) is 37.0 Å².